The second-order valence-electron chi connectivity index (χ2n) is 6.07. The lowest BCUT2D eigenvalue weighted by Gasteiger charge is -2.30. The van der Waals surface area contributed by atoms with Gasteiger partial charge in [-0.25, -0.2) is 4.98 Å². The van der Waals surface area contributed by atoms with Crippen LogP contribution < -0.4 is 15.6 Å². The van der Waals surface area contributed by atoms with E-state index in [1.54, 1.807) is 11.3 Å². The molecule has 26 heavy (non-hydrogen) atoms. The Morgan fingerprint density at radius 3 is 2.65 bits per heavy atom. The third kappa shape index (κ3) is 3.92. The maximum Gasteiger partial charge on any atom is 0.203 e. The number of hydrogen-bond donors (Lipinski definition) is 2. The van der Waals surface area contributed by atoms with Crippen LogP contribution in [0.15, 0.2) is 65.1 Å². The first-order chi connectivity index (χ1) is 12.9. The van der Waals surface area contributed by atoms with Crippen molar-refractivity contribution in [2.45, 2.75) is 0 Å². The van der Waals surface area contributed by atoms with Gasteiger partial charge in [0, 0.05) is 48.4 Å². The molecule has 3 aromatic rings. The van der Waals surface area contributed by atoms with Crippen molar-refractivity contribution in [3.05, 3.63) is 65.5 Å². The Hall–Kier alpha value is -2.70. The molecule has 4 rings (SSSR count). The topological polar surface area (TPSA) is 52.6 Å². The summed E-state index contributed by atoms with van der Waals surface area (Å²) in [4.78, 5) is 7.00. The lowest BCUT2D eigenvalue weighted by molar-refractivity contribution is 0.589. The van der Waals surface area contributed by atoms with E-state index in [0.29, 0.717) is 0 Å². The predicted molar refractivity (Wildman–Crippen MR) is 110 cm³/mol. The second kappa shape index (κ2) is 8.12. The predicted octanol–water partition coefficient (Wildman–Crippen LogP) is 3.67. The maximum atomic E-state index is 4.60. The molecular formula is C20H21N5S. The van der Waals surface area contributed by atoms with Crippen molar-refractivity contribution in [3.63, 3.8) is 0 Å². The minimum absolute atomic E-state index is 0.791. The number of nitrogens with zero attached hydrogens (tertiary/aromatic N) is 3. The van der Waals surface area contributed by atoms with E-state index < -0.39 is 0 Å². The molecule has 1 aliphatic rings. The number of nitrogens with one attached hydrogen (secondary N) is 2. The highest BCUT2D eigenvalue weighted by atomic mass is 32.1. The van der Waals surface area contributed by atoms with Gasteiger partial charge in [0.2, 0.25) is 5.13 Å². The Kier molecular flexibility index (Phi) is 5.23. The molecule has 0 saturated carbocycles. The minimum Gasteiger partial charge on any atom is -0.368 e. The number of aromatic nitrogens is 1. The summed E-state index contributed by atoms with van der Waals surface area (Å²) < 4.78 is 0. The fourth-order valence-electron chi connectivity index (χ4n) is 3.01. The third-order valence-electron chi connectivity index (χ3n) is 4.33. The third-order valence-corrected chi connectivity index (χ3v) is 5.08. The van der Waals surface area contributed by atoms with E-state index in [4.69, 9.17) is 0 Å². The first-order valence-electron chi connectivity index (χ1n) is 8.75. The smallest absolute Gasteiger partial charge is 0.203 e. The first-order valence-corrected chi connectivity index (χ1v) is 9.63. The van der Waals surface area contributed by atoms with Crippen molar-refractivity contribution in [2.24, 2.45) is 5.10 Å². The number of para-hydroxylation sites is 1. The van der Waals surface area contributed by atoms with E-state index in [1.165, 1.54) is 5.69 Å². The van der Waals surface area contributed by atoms with E-state index in [9.17, 15) is 0 Å². The number of hydrazone groups is 1. The van der Waals surface area contributed by atoms with Crippen LogP contribution >= 0.6 is 11.3 Å². The standard InChI is InChI=1S/C20H21N5S/c1-2-6-16(7-3-1)18-15-26-20(23-18)24-22-14-17-8-4-5-9-19(17)25-12-10-21-11-13-25/h1-9,14-15,21H,10-13H2,(H,23,24). The Balaban J connectivity index is 1.45. The number of thiazole rings is 1. The molecule has 1 saturated heterocycles. The molecule has 132 valence electrons. The van der Waals surface area contributed by atoms with Gasteiger partial charge in [-0.1, -0.05) is 48.5 Å². The van der Waals surface area contributed by atoms with Gasteiger partial charge in [-0.05, 0) is 6.07 Å². The zero-order chi connectivity index (χ0) is 17.6. The van der Waals surface area contributed by atoms with Gasteiger partial charge < -0.3 is 10.2 Å². The molecule has 0 bridgehead atoms. The van der Waals surface area contributed by atoms with E-state index in [2.05, 4.69) is 56.1 Å². The molecule has 0 spiro atoms. The fraction of sp³-hybridized carbons (Fsp3) is 0.200. The SMILES string of the molecule is C(=NNc1nc(-c2ccccc2)cs1)c1ccccc1N1CCNCC1. The van der Waals surface area contributed by atoms with Crippen molar-refractivity contribution in [3.8, 4) is 11.3 Å². The van der Waals surface area contributed by atoms with Crippen molar-refractivity contribution in [1.82, 2.24) is 10.3 Å². The largest absolute Gasteiger partial charge is 0.368 e. The fourth-order valence-corrected chi connectivity index (χ4v) is 3.68. The van der Waals surface area contributed by atoms with Crippen molar-refractivity contribution in [2.75, 3.05) is 36.5 Å². The molecule has 0 aliphatic carbocycles. The molecule has 0 unspecified atom stereocenters. The zero-order valence-electron chi connectivity index (χ0n) is 14.4. The average molecular weight is 363 g/mol. The number of hydrogen-bond acceptors (Lipinski definition) is 6. The van der Waals surface area contributed by atoms with Crippen molar-refractivity contribution in [1.29, 1.82) is 0 Å². The number of benzene rings is 2. The molecule has 0 amide bonds. The van der Waals surface area contributed by atoms with E-state index in [1.807, 2.05) is 35.9 Å². The second-order valence-corrected chi connectivity index (χ2v) is 6.93. The lowest BCUT2D eigenvalue weighted by Crippen LogP contribution is -2.43. The monoisotopic (exact) mass is 363 g/mol. The molecule has 6 heteroatoms. The molecule has 5 nitrogen and oxygen atoms in total. The minimum atomic E-state index is 0.791. The van der Waals surface area contributed by atoms with Gasteiger partial charge in [0.15, 0.2) is 0 Å². The highest BCUT2D eigenvalue weighted by Crippen LogP contribution is 2.24. The van der Waals surface area contributed by atoms with Crippen molar-refractivity contribution >= 4 is 28.4 Å². The molecule has 1 aromatic heterocycles. The van der Waals surface area contributed by atoms with E-state index in [0.717, 1.165) is 48.1 Å². The maximum absolute atomic E-state index is 4.60. The number of rotatable bonds is 5. The van der Waals surface area contributed by atoms with Gasteiger partial charge in [-0.15, -0.1) is 11.3 Å². The summed E-state index contributed by atoms with van der Waals surface area (Å²) in [5.74, 6) is 0. The molecular weight excluding hydrogens is 342 g/mol. The number of anilines is 2. The quantitative estimate of drug-likeness (QED) is 0.536. The molecule has 1 fully saturated rings. The van der Waals surface area contributed by atoms with Gasteiger partial charge in [0.25, 0.3) is 0 Å². The van der Waals surface area contributed by atoms with Crippen LogP contribution in [0.3, 0.4) is 0 Å². The molecule has 0 radical (unpaired) electrons. The van der Waals surface area contributed by atoms with Crippen LogP contribution in [0.2, 0.25) is 0 Å². The Morgan fingerprint density at radius 2 is 1.81 bits per heavy atom. The molecule has 1 aliphatic heterocycles. The lowest BCUT2D eigenvalue weighted by atomic mass is 10.1. The highest BCUT2D eigenvalue weighted by molar-refractivity contribution is 7.14. The zero-order valence-corrected chi connectivity index (χ0v) is 15.2. The molecule has 0 atom stereocenters. The Labute approximate surface area is 157 Å². The van der Waals surface area contributed by atoms with Crippen LogP contribution in [0.25, 0.3) is 11.3 Å². The average Bonchev–Trinajstić information content (AvgIpc) is 3.19. The van der Waals surface area contributed by atoms with Crippen LogP contribution in [0.1, 0.15) is 5.56 Å². The van der Waals surface area contributed by atoms with Crippen molar-refractivity contribution < 1.29 is 0 Å². The summed E-state index contributed by atoms with van der Waals surface area (Å²) in [7, 11) is 0. The molecule has 2 N–H and O–H groups in total. The van der Waals surface area contributed by atoms with Crippen LogP contribution in [0.5, 0.6) is 0 Å². The summed E-state index contributed by atoms with van der Waals surface area (Å²) >= 11 is 1.56. The summed E-state index contributed by atoms with van der Waals surface area (Å²) in [6.45, 7) is 4.08. The van der Waals surface area contributed by atoms with Gasteiger partial charge >= 0.3 is 0 Å². The Bertz CT molecular complexity index is 869. The van der Waals surface area contributed by atoms with E-state index in [-0.39, 0.29) is 0 Å². The highest BCUT2D eigenvalue weighted by Gasteiger charge is 2.12. The van der Waals surface area contributed by atoms with Gasteiger partial charge in [-0.2, -0.15) is 5.10 Å². The van der Waals surface area contributed by atoms with Gasteiger partial charge in [-0.3, -0.25) is 5.43 Å². The Morgan fingerprint density at radius 1 is 1.04 bits per heavy atom. The van der Waals surface area contributed by atoms with Gasteiger partial charge in [0.1, 0.15) is 0 Å². The van der Waals surface area contributed by atoms with Crippen LogP contribution in [0.4, 0.5) is 10.8 Å². The summed E-state index contributed by atoms with van der Waals surface area (Å²) in [5, 5.41) is 10.6. The normalized spacial score (nSPS) is 14.7. The van der Waals surface area contributed by atoms with E-state index >= 15 is 0 Å². The van der Waals surface area contributed by atoms with Gasteiger partial charge in [0.05, 0.1) is 11.9 Å². The summed E-state index contributed by atoms with van der Waals surface area (Å²) in [6, 6.07) is 18.6. The molecule has 2 heterocycles. The summed E-state index contributed by atoms with van der Waals surface area (Å²) in [5.41, 5.74) is 7.48. The van der Waals surface area contributed by atoms with Crippen LogP contribution in [-0.4, -0.2) is 37.4 Å². The van der Waals surface area contributed by atoms with Crippen LogP contribution in [-0.2, 0) is 0 Å². The number of piperazine rings is 1. The first kappa shape index (κ1) is 16.8. The van der Waals surface area contributed by atoms with Crippen LogP contribution in [0, 0.1) is 0 Å². The summed E-state index contributed by atoms with van der Waals surface area (Å²) in [6.07, 6.45) is 1.88. The molecule has 2 aromatic carbocycles.